The zero-order chi connectivity index (χ0) is 18.7. The Morgan fingerprint density at radius 2 is 1.92 bits per heavy atom. The number of hydrogen-bond donors (Lipinski definition) is 1. The molecule has 1 aromatic carbocycles. The summed E-state index contributed by atoms with van der Waals surface area (Å²) >= 11 is 0. The standard InChI is InChI=1S/C15H17N5O5/c1-9-6-12(19(22)23)4-5-13(9)16-15(21)10(2)8-18-11(3)7-14(17-18)20(24)25/h4-7,10H,8H2,1-3H3,(H,16,21). The van der Waals surface area contributed by atoms with Crippen molar-refractivity contribution in [2.24, 2.45) is 5.92 Å². The lowest BCUT2D eigenvalue weighted by Crippen LogP contribution is -2.25. The number of rotatable bonds is 6. The van der Waals surface area contributed by atoms with Crippen LogP contribution in [0.3, 0.4) is 0 Å². The Labute approximate surface area is 142 Å². The van der Waals surface area contributed by atoms with Gasteiger partial charge in [0.25, 0.3) is 5.69 Å². The maximum absolute atomic E-state index is 12.3. The molecule has 0 aliphatic rings. The molecule has 0 radical (unpaired) electrons. The number of benzene rings is 1. The average Bonchev–Trinajstić information content (AvgIpc) is 2.90. The van der Waals surface area contributed by atoms with Gasteiger partial charge in [0.05, 0.1) is 34.2 Å². The topological polar surface area (TPSA) is 133 Å². The molecule has 0 bridgehead atoms. The molecule has 0 aliphatic carbocycles. The van der Waals surface area contributed by atoms with E-state index in [2.05, 4.69) is 10.4 Å². The fourth-order valence-electron chi connectivity index (χ4n) is 2.27. The molecule has 0 aliphatic heterocycles. The van der Waals surface area contributed by atoms with Crippen LogP contribution in [-0.2, 0) is 11.3 Å². The molecule has 10 nitrogen and oxygen atoms in total. The van der Waals surface area contributed by atoms with Crippen LogP contribution in [0.4, 0.5) is 17.2 Å². The minimum atomic E-state index is -0.589. The number of nitrogens with zero attached hydrogens (tertiary/aromatic N) is 4. The van der Waals surface area contributed by atoms with E-state index < -0.39 is 15.8 Å². The number of non-ortho nitro benzene ring substituents is 1. The predicted octanol–water partition coefficient (Wildman–Crippen LogP) is 2.59. The summed E-state index contributed by atoms with van der Waals surface area (Å²) in [4.78, 5) is 32.7. The Morgan fingerprint density at radius 1 is 1.24 bits per heavy atom. The largest absolute Gasteiger partial charge is 0.390 e. The number of amides is 1. The Bertz CT molecular complexity index is 845. The lowest BCUT2D eigenvalue weighted by atomic mass is 10.1. The van der Waals surface area contributed by atoms with Gasteiger partial charge in [0.15, 0.2) is 0 Å². The predicted molar refractivity (Wildman–Crippen MR) is 89.2 cm³/mol. The molecule has 1 heterocycles. The van der Waals surface area contributed by atoms with Crippen molar-refractivity contribution in [3.8, 4) is 0 Å². The van der Waals surface area contributed by atoms with Crippen molar-refractivity contribution in [1.82, 2.24) is 9.78 Å². The van der Waals surface area contributed by atoms with E-state index in [-0.39, 0.29) is 24.0 Å². The monoisotopic (exact) mass is 347 g/mol. The third kappa shape index (κ3) is 4.16. The van der Waals surface area contributed by atoms with Crippen molar-refractivity contribution in [2.75, 3.05) is 5.32 Å². The molecular formula is C15H17N5O5. The Kier molecular flexibility index (Phi) is 5.11. The molecular weight excluding hydrogens is 330 g/mol. The minimum absolute atomic E-state index is 0.0528. The van der Waals surface area contributed by atoms with Crippen molar-refractivity contribution in [3.05, 3.63) is 55.8 Å². The van der Waals surface area contributed by atoms with Gasteiger partial charge in [0, 0.05) is 17.8 Å². The summed E-state index contributed by atoms with van der Waals surface area (Å²) in [5.41, 5.74) is 1.58. The molecule has 10 heteroatoms. The van der Waals surface area contributed by atoms with Crippen LogP contribution >= 0.6 is 0 Å². The zero-order valence-corrected chi connectivity index (χ0v) is 13.9. The Balaban J connectivity index is 2.08. The highest BCUT2D eigenvalue weighted by Gasteiger charge is 2.21. The molecule has 0 spiro atoms. The van der Waals surface area contributed by atoms with Gasteiger partial charge in [-0.2, -0.15) is 4.68 Å². The van der Waals surface area contributed by atoms with Gasteiger partial charge < -0.3 is 15.4 Å². The van der Waals surface area contributed by atoms with Crippen LogP contribution in [0.5, 0.6) is 0 Å². The first-order chi connectivity index (χ1) is 11.7. The van der Waals surface area contributed by atoms with Crippen LogP contribution in [-0.4, -0.2) is 25.5 Å². The number of aryl methyl sites for hydroxylation is 2. The average molecular weight is 347 g/mol. The van der Waals surface area contributed by atoms with Gasteiger partial charge in [-0.25, -0.2) is 0 Å². The normalized spacial score (nSPS) is 11.8. The molecule has 1 aromatic heterocycles. The molecule has 25 heavy (non-hydrogen) atoms. The highest BCUT2D eigenvalue weighted by molar-refractivity contribution is 5.93. The summed E-state index contributed by atoms with van der Waals surface area (Å²) in [6.45, 7) is 5.18. The number of nitro groups is 2. The molecule has 1 amide bonds. The first-order valence-corrected chi connectivity index (χ1v) is 7.43. The smallest absolute Gasteiger partial charge is 0.358 e. The van der Waals surface area contributed by atoms with E-state index in [0.717, 1.165) is 0 Å². The van der Waals surface area contributed by atoms with Crippen molar-refractivity contribution in [3.63, 3.8) is 0 Å². The van der Waals surface area contributed by atoms with Crippen LogP contribution in [0.2, 0.25) is 0 Å². The summed E-state index contributed by atoms with van der Waals surface area (Å²) in [7, 11) is 0. The van der Waals surface area contributed by atoms with Gasteiger partial charge in [0.2, 0.25) is 5.91 Å². The second kappa shape index (κ2) is 7.07. The van der Waals surface area contributed by atoms with Gasteiger partial charge in [-0.15, -0.1) is 0 Å². The highest BCUT2D eigenvalue weighted by Crippen LogP contribution is 2.22. The van der Waals surface area contributed by atoms with Crippen molar-refractivity contribution in [1.29, 1.82) is 0 Å². The van der Waals surface area contributed by atoms with E-state index in [0.29, 0.717) is 16.9 Å². The molecule has 0 saturated heterocycles. The number of aromatic nitrogens is 2. The summed E-state index contributed by atoms with van der Waals surface area (Å²) in [6.07, 6.45) is 0. The molecule has 1 N–H and O–H groups in total. The first kappa shape index (κ1) is 18.0. The second-order valence-electron chi connectivity index (χ2n) is 5.73. The molecule has 2 aromatic rings. The SMILES string of the molecule is Cc1cc([N+](=O)[O-])ccc1NC(=O)C(C)Cn1nc([N+](=O)[O-])cc1C. The van der Waals surface area contributed by atoms with Crippen LogP contribution < -0.4 is 5.32 Å². The van der Waals surface area contributed by atoms with E-state index in [4.69, 9.17) is 0 Å². The third-order valence-corrected chi connectivity index (χ3v) is 3.73. The number of hydrogen-bond acceptors (Lipinski definition) is 6. The highest BCUT2D eigenvalue weighted by atomic mass is 16.6. The van der Waals surface area contributed by atoms with Gasteiger partial charge in [-0.05, 0) is 30.4 Å². The van der Waals surface area contributed by atoms with E-state index in [9.17, 15) is 25.0 Å². The van der Waals surface area contributed by atoms with Crippen LogP contribution in [0.15, 0.2) is 24.3 Å². The van der Waals surface area contributed by atoms with E-state index in [1.54, 1.807) is 20.8 Å². The molecule has 1 atom stereocenters. The number of carbonyl (C=O) groups is 1. The van der Waals surface area contributed by atoms with Crippen LogP contribution in [0.1, 0.15) is 18.2 Å². The van der Waals surface area contributed by atoms with Gasteiger partial charge in [-0.3, -0.25) is 14.9 Å². The summed E-state index contributed by atoms with van der Waals surface area (Å²) < 4.78 is 1.41. The van der Waals surface area contributed by atoms with Crippen LogP contribution in [0, 0.1) is 40.0 Å². The Hall–Kier alpha value is -3.30. The summed E-state index contributed by atoms with van der Waals surface area (Å²) in [5.74, 6) is -1.08. The maximum Gasteiger partial charge on any atom is 0.390 e. The number of nitro benzene ring substituents is 1. The molecule has 2 rings (SSSR count). The first-order valence-electron chi connectivity index (χ1n) is 7.43. The van der Waals surface area contributed by atoms with Crippen molar-refractivity contribution in [2.45, 2.75) is 27.3 Å². The maximum atomic E-state index is 12.3. The van der Waals surface area contributed by atoms with E-state index in [1.807, 2.05) is 0 Å². The summed E-state index contributed by atoms with van der Waals surface area (Å²) in [5, 5.41) is 28.0. The van der Waals surface area contributed by atoms with Crippen LogP contribution in [0.25, 0.3) is 0 Å². The fourth-order valence-corrected chi connectivity index (χ4v) is 2.27. The summed E-state index contributed by atoms with van der Waals surface area (Å²) in [6, 6.07) is 5.50. The Morgan fingerprint density at radius 3 is 2.44 bits per heavy atom. The molecule has 0 fully saturated rings. The lowest BCUT2D eigenvalue weighted by Gasteiger charge is -2.13. The molecule has 132 valence electrons. The number of nitrogens with one attached hydrogen (secondary N) is 1. The zero-order valence-electron chi connectivity index (χ0n) is 13.9. The minimum Gasteiger partial charge on any atom is -0.358 e. The van der Waals surface area contributed by atoms with Crippen molar-refractivity contribution < 1.29 is 14.6 Å². The fraction of sp³-hybridized carbons (Fsp3) is 0.333. The van der Waals surface area contributed by atoms with Gasteiger partial charge in [0.1, 0.15) is 0 Å². The van der Waals surface area contributed by atoms with Gasteiger partial charge in [-0.1, -0.05) is 6.92 Å². The number of anilines is 1. The molecule has 0 saturated carbocycles. The second-order valence-corrected chi connectivity index (χ2v) is 5.73. The van der Waals surface area contributed by atoms with E-state index >= 15 is 0 Å². The van der Waals surface area contributed by atoms with Crippen molar-refractivity contribution >= 4 is 23.1 Å². The van der Waals surface area contributed by atoms with E-state index in [1.165, 1.54) is 28.9 Å². The number of carbonyl (C=O) groups excluding carboxylic acids is 1. The lowest BCUT2D eigenvalue weighted by molar-refractivity contribution is -0.389. The van der Waals surface area contributed by atoms with Gasteiger partial charge >= 0.3 is 5.82 Å². The quantitative estimate of drug-likeness (QED) is 0.630. The molecule has 1 unspecified atom stereocenters. The third-order valence-electron chi connectivity index (χ3n) is 3.73.